The molecule has 0 spiro atoms. The van der Waals surface area contributed by atoms with Crippen LogP contribution in [0, 0.1) is 0 Å². The highest BCUT2D eigenvalue weighted by Gasteiger charge is 2.21. The highest BCUT2D eigenvalue weighted by molar-refractivity contribution is 5.78. The van der Waals surface area contributed by atoms with Gasteiger partial charge in [0.05, 0.1) is 13.1 Å². The van der Waals surface area contributed by atoms with Crippen molar-refractivity contribution in [2.24, 2.45) is 0 Å². The van der Waals surface area contributed by atoms with E-state index in [1.807, 2.05) is 30.3 Å². The fourth-order valence-corrected chi connectivity index (χ4v) is 3.05. The summed E-state index contributed by atoms with van der Waals surface area (Å²) >= 11 is 0. The average Bonchev–Trinajstić information content (AvgIpc) is 3.04. The molecule has 2 heterocycles. The van der Waals surface area contributed by atoms with Crippen LogP contribution in [-0.4, -0.2) is 49.6 Å². The lowest BCUT2D eigenvalue weighted by molar-refractivity contribution is -0.122. The molecule has 1 aromatic carbocycles. The summed E-state index contributed by atoms with van der Waals surface area (Å²) in [6.07, 6.45) is 1.68. The van der Waals surface area contributed by atoms with Gasteiger partial charge in [-0.15, -0.1) is 0 Å². The van der Waals surface area contributed by atoms with Gasteiger partial charge in [0.25, 0.3) is 0 Å². The third-order valence-corrected chi connectivity index (χ3v) is 4.47. The van der Waals surface area contributed by atoms with Crippen LogP contribution in [0.2, 0.25) is 0 Å². The van der Waals surface area contributed by atoms with Crippen molar-refractivity contribution in [3.63, 3.8) is 0 Å². The van der Waals surface area contributed by atoms with Gasteiger partial charge in [0.1, 0.15) is 11.3 Å². The average molecular weight is 344 g/mol. The predicted molar refractivity (Wildman–Crippen MR) is 95.1 cm³/mol. The van der Waals surface area contributed by atoms with Gasteiger partial charge < -0.3 is 20.4 Å². The summed E-state index contributed by atoms with van der Waals surface area (Å²) in [7, 11) is 1.64. The Morgan fingerprint density at radius 1 is 1.24 bits per heavy atom. The lowest BCUT2D eigenvalue weighted by Gasteiger charge is -2.31. The molecule has 1 aromatic heterocycles. The van der Waals surface area contributed by atoms with Crippen molar-refractivity contribution in [2.45, 2.75) is 25.4 Å². The van der Waals surface area contributed by atoms with Crippen molar-refractivity contribution in [2.75, 3.05) is 26.7 Å². The van der Waals surface area contributed by atoms with Crippen LogP contribution in [0.4, 0.5) is 4.79 Å². The summed E-state index contributed by atoms with van der Waals surface area (Å²) in [5.74, 6) is 0.756. The van der Waals surface area contributed by atoms with E-state index in [1.54, 1.807) is 7.05 Å². The van der Waals surface area contributed by atoms with E-state index >= 15 is 0 Å². The van der Waals surface area contributed by atoms with Gasteiger partial charge in [0.15, 0.2) is 0 Å². The van der Waals surface area contributed by atoms with E-state index in [2.05, 4.69) is 20.9 Å². The Morgan fingerprint density at radius 2 is 2.00 bits per heavy atom. The number of fused-ring (bicyclic) bond motifs is 1. The number of benzene rings is 1. The number of furan rings is 1. The first-order valence-corrected chi connectivity index (χ1v) is 8.59. The van der Waals surface area contributed by atoms with Gasteiger partial charge >= 0.3 is 6.03 Å². The Hall–Kier alpha value is -2.54. The molecule has 134 valence electrons. The van der Waals surface area contributed by atoms with E-state index in [-0.39, 0.29) is 18.0 Å². The molecule has 0 atom stereocenters. The fraction of sp³-hybridized carbons (Fsp3) is 0.444. The fourth-order valence-electron chi connectivity index (χ4n) is 3.05. The first kappa shape index (κ1) is 17.3. The highest BCUT2D eigenvalue weighted by Crippen LogP contribution is 2.18. The Bertz CT molecular complexity index is 702. The molecule has 7 heteroatoms. The van der Waals surface area contributed by atoms with Crippen LogP contribution in [0.15, 0.2) is 34.7 Å². The second-order valence-corrected chi connectivity index (χ2v) is 6.30. The number of piperidine rings is 1. The highest BCUT2D eigenvalue weighted by atomic mass is 16.3. The molecule has 1 aliphatic heterocycles. The van der Waals surface area contributed by atoms with Crippen molar-refractivity contribution in [1.82, 2.24) is 20.9 Å². The van der Waals surface area contributed by atoms with Crippen LogP contribution in [0.25, 0.3) is 11.0 Å². The number of likely N-dealkylation sites (N-methyl/N-ethyl adjacent to an activating group) is 1. The number of carbonyl (C=O) groups excluding carboxylic acids is 2. The molecule has 7 nitrogen and oxygen atoms in total. The maximum absolute atomic E-state index is 12.1. The van der Waals surface area contributed by atoms with Crippen molar-refractivity contribution < 1.29 is 14.0 Å². The minimum atomic E-state index is -0.190. The van der Waals surface area contributed by atoms with Gasteiger partial charge in [0.2, 0.25) is 5.91 Å². The molecule has 3 amide bonds. The zero-order valence-electron chi connectivity index (χ0n) is 14.4. The van der Waals surface area contributed by atoms with E-state index in [4.69, 9.17) is 4.42 Å². The second-order valence-electron chi connectivity index (χ2n) is 6.30. The number of nitrogens with zero attached hydrogens (tertiary/aromatic N) is 1. The molecule has 25 heavy (non-hydrogen) atoms. The molecule has 1 saturated heterocycles. The number of urea groups is 1. The van der Waals surface area contributed by atoms with Gasteiger partial charge in [-0.25, -0.2) is 4.79 Å². The third kappa shape index (κ3) is 4.73. The Kier molecular flexibility index (Phi) is 5.55. The van der Waals surface area contributed by atoms with Crippen LogP contribution < -0.4 is 16.0 Å². The normalized spacial score (nSPS) is 15.9. The quantitative estimate of drug-likeness (QED) is 0.766. The molecule has 0 radical (unpaired) electrons. The summed E-state index contributed by atoms with van der Waals surface area (Å²) in [4.78, 5) is 25.5. The molecule has 1 fully saturated rings. The molecule has 3 N–H and O–H groups in total. The van der Waals surface area contributed by atoms with Crippen LogP contribution in [-0.2, 0) is 11.3 Å². The molecule has 0 saturated carbocycles. The van der Waals surface area contributed by atoms with Gasteiger partial charge in [-0.1, -0.05) is 18.2 Å². The van der Waals surface area contributed by atoms with E-state index in [0.29, 0.717) is 13.1 Å². The Balaban J connectivity index is 1.40. The molecular weight excluding hydrogens is 320 g/mol. The van der Waals surface area contributed by atoms with Gasteiger partial charge in [-0.2, -0.15) is 0 Å². The number of nitrogens with one attached hydrogen (secondary N) is 3. The van der Waals surface area contributed by atoms with Crippen LogP contribution >= 0.6 is 0 Å². The number of likely N-dealkylation sites (tertiary alicyclic amines) is 1. The molecule has 0 bridgehead atoms. The van der Waals surface area contributed by atoms with Gasteiger partial charge in [-0.3, -0.25) is 9.69 Å². The minimum absolute atomic E-state index is 0.0231. The Labute approximate surface area is 146 Å². The minimum Gasteiger partial charge on any atom is -0.459 e. The zero-order chi connectivity index (χ0) is 17.6. The summed E-state index contributed by atoms with van der Waals surface area (Å²) in [5.41, 5.74) is 0.822. The Morgan fingerprint density at radius 3 is 2.72 bits per heavy atom. The van der Waals surface area contributed by atoms with Gasteiger partial charge in [-0.05, 0) is 25.0 Å². The number of carbonyl (C=O) groups is 2. The lowest BCUT2D eigenvalue weighted by atomic mass is 10.1. The standard InChI is InChI=1S/C18H24N4O3/c1-19-17(23)12-22-8-6-14(7-9-22)21-18(24)20-11-15-10-13-4-2-3-5-16(13)25-15/h2-5,10,14H,6-9,11-12H2,1H3,(H,19,23)(H2,20,21,24). The van der Waals surface area contributed by atoms with E-state index in [0.717, 1.165) is 42.7 Å². The lowest BCUT2D eigenvalue weighted by Crippen LogP contribution is -2.49. The number of rotatable bonds is 5. The summed E-state index contributed by atoms with van der Waals surface area (Å²) in [6, 6.07) is 9.65. The van der Waals surface area contributed by atoms with Crippen molar-refractivity contribution in [3.8, 4) is 0 Å². The first-order valence-electron chi connectivity index (χ1n) is 8.59. The summed E-state index contributed by atoms with van der Waals surface area (Å²) in [5, 5.41) is 9.49. The molecule has 3 rings (SSSR count). The first-order chi connectivity index (χ1) is 12.1. The smallest absolute Gasteiger partial charge is 0.315 e. The maximum Gasteiger partial charge on any atom is 0.315 e. The number of para-hydroxylation sites is 1. The van der Waals surface area contributed by atoms with Crippen molar-refractivity contribution in [3.05, 3.63) is 36.1 Å². The largest absolute Gasteiger partial charge is 0.459 e. The predicted octanol–water partition coefficient (Wildman–Crippen LogP) is 1.44. The molecule has 0 aliphatic carbocycles. The second kappa shape index (κ2) is 8.02. The maximum atomic E-state index is 12.1. The van der Waals surface area contributed by atoms with Crippen LogP contribution in [0.5, 0.6) is 0 Å². The molecule has 2 aromatic rings. The number of amides is 3. The summed E-state index contributed by atoms with van der Waals surface area (Å²) < 4.78 is 5.68. The van der Waals surface area contributed by atoms with Crippen LogP contribution in [0.1, 0.15) is 18.6 Å². The number of hydrogen-bond acceptors (Lipinski definition) is 4. The van der Waals surface area contributed by atoms with E-state index in [1.165, 1.54) is 0 Å². The molecular formula is C18H24N4O3. The van der Waals surface area contributed by atoms with E-state index < -0.39 is 0 Å². The van der Waals surface area contributed by atoms with Crippen molar-refractivity contribution >= 4 is 22.9 Å². The molecule has 1 aliphatic rings. The monoisotopic (exact) mass is 344 g/mol. The summed E-state index contributed by atoms with van der Waals surface area (Å²) in [6.45, 7) is 2.39. The van der Waals surface area contributed by atoms with E-state index in [9.17, 15) is 9.59 Å². The molecule has 0 unspecified atom stereocenters. The van der Waals surface area contributed by atoms with Gasteiger partial charge in [0, 0.05) is 31.6 Å². The van der Waals surface area contributed by atoms with Crippen LogP contribution in [0.3, 0.4) is 0 Å². The SMILES string of the molecule is CNC(=O)CN1CCC(NC(=O)NCc2cc3ccccc3o2)CC1. The van der Waals surface area contributed by atoms with Crippen molar-refractivity contribution in [1.29, 1.82) is 0 Å². The number of hydrogen-bond donors (Lipinski definition) is 3. The zero-order valence-corrected chi connectivity index (χ0v) is 14.4. The third-order valence-electron chi connectivity index (χ3n) is 4.47. The topological polar surface area (TPSA) is 86.6 Å².